The molecule has 0 saturated heterocycles. The second-order valence-electron chi connectivity index (χ2n) is 8.27. The number of para-hydroxylation sites is 1. The average Bonchev–Trinajstić information content (AvgIpc) is 2.76. The van der Waals surface area contributed by atoms with Crippen molar-refractivity contribution in [1.82, 2.24) is 5.32 Å². The van der Waals surface area contributed by atoms with Gasteiger partial charge in [-0.1, -0.05) is 43.6 Å². The number of anilines is 1. The van der Waals surface area contributed by atoms with E-state index in [0.717, 1.165) is 30.4 Å². The maximum atomic E-state index is 12.8. The summed E-state index contributed by atoms with van der Waals surface area (Å²) in [6.07, 6.45) is 4.21. The molecule has 1 amide bonds. The SMILES string of the molecule is CCC1(CC)CC(NC(=O)CCCN(c2ccc(Cl)cc2)S(C)(=O)=O)c2ccccc2O1. The summed E-state index contributed by atoms with van der Waals surface area (Å²) in [5, 5.41) is 3.69. The van der Waals surface area contributed by atoms with Crippen molar-refractivity contribution >= 4 is 33.2 Å². The Morgan fingerprint density at radius 2 is 1.81 bits per heavy atom. The lowest BCUT2D eigenvalue weighted by atomic mass is 9.83. The number of hydrogen-bond acceptors (Lipinski definition) is 4. The van der Waals surface area contributed by atoms with Gasteiger partial charge in [-0.2, -0.15) is 0 Å². The van der Waals surface area contributed by atoms with Crippen molar-refractivity contribution in [2.45, 2.75) is 57.6 Å². The number of nitrogens with one attached hydrogen (secondary N) is 1. The number of carbonyl (C=O) groups is 1. The molecule has 1 aliphatic rings. The Hall–Kier alpha value is -2.25. The lowest BCUT2D eigenvalue weighted by Crippen LogP contribution is -2.44. The van der Waals surface area contributed by atoms with E-state index >= 15 is 0 Å². The molecule has 174 valence electrons. The molecule has 32 heavy (non-hydrogen) atoms. The Kier molecular flexibility index (Phi) is 7.72. The summed E-state index contributed by atoms with van der Waals surface area (Å²) in [6.45, 7) is 4.42. The zero-order chi connectivity index (χ0) is 23.4. The van der Waals surface area contributed by atoms with Crippen molar-refractivity contribution in [3.63, 3.8) is 0 Å². The smallest absolute Gasteiger partial charge is 0.232 e. The van der Waals surface area contributed by atoms with Crippen molar-refractivity contribution in [2.75, 3.05) is 17.1 Å². The lowest BCUT2D eigenvalue weighted by molar-refractivity contribution is -0.122. The molecule has 2 aromatic rings. The van der Waals surface area contributed by atoms with Crippen LogP contribution in [0.4, 0.5) is 5.69 Å². The van der Waals surface area contributed by atoms with Crippen LogP contribution in [-0.4, -0.2) is 32.7 Å². The summed E-state index contributed by atoms with van der Waals surface area (Å²) in [7, 11) is -3.48. The number of hydrogen-bond donors (Lipinski definition) is 1. The molecule has 1 aliphatic heterocycles. The van der Waals surface area contributed by atoms with Crippen LogP contribution in [0, 0.1) is 0 Å². The molecule has 1 atom stereocenters. The first-order chi connectivity index (χ1) is 15.2. The van der Waals surface area contributed by atoms with Crippen LogP contribution in [-0.2, 0) is 14.8 Å². The standard InChI is InChI=1S/C24H31ClN2O4S/c1-4-24(5-2)17-21(20-9-6-7-10-22(20)31-24)26-23(28)11-8-16-27(32(3,29)30)19-14-12-18(25)13-15-19/h6-7,9-10,12-15,21H,4-5,8,11,16-17H2,1-3H3,(H,26,28). The maximum absolute atomic E-state index is 12.8. The van der Waals surface area contributed by atoms with Crippen LogP contribution >= 0.6 is 11.6 Å². The van der Waals surface area contributed by atoms with Gasteiger partial charge in [-0.3, -0.25) is 9.10 Å². The van der Waals surface area contributed by atoms with E-state index in [1.54, 1.807) is 24.3 Å². The second kappa shape index (κ2) is 10.1. The first-order valence-corrected chi connectivity index (χ1v) is 13.2. The number of benzene rings is 2. The Balaban J connectivity index is 1.65. The molecule has 0 saturated carbocycles. The van der Waals surface area contributed by atoms with Crippen LogP contribution in [0.25, 0.3) is 0 Å². The topological polar surface area (TPSA) is 75.7 Å². The van der Waals surface area contributed by atoms with Gasteiger partial charge in [0, 0.05) is 30.0 Å². The number of sulfonamides is 1. The molecule has 2 aromatic carbocycles. The Bertz CT molecular complexity index is 1040. The first-order valence-electron chi connectivity index (χ1n) is 11.0. The third-order valence-electron chi connectivity index (χ3n) is 6.10. The molecule has 0 aliphatic carbocycles. The van der Waals surface area contributed by atoms with E-state index in [4.69, 9.17) is 16.3 Å². The van der Waals surface area contributed by atoms with E-state index in [1.807, 2.05) is 24.3 Å². The molecular weight excluding hydrogens is 448 g/mol. The van der Waals surface area contributed by atoms with E-state index in [-0.39, 0.29) is 30.5 Å². The highest BCUT2D eigenvalue weighted by Gasteiger charge is 2.38. The van der Waals surface area contributed by atoms with Gasteiger partial charge in [0.15, 0.2) is 0 Å². The fraction of sp³-hybridized carbons (Fsp3) is 0.458. The number of carbonyl (C=O) groups excluding carboxylic acids is 1. The van der Waals surface area contributed by atoms with Crippen LogP contribution in [0.1, 0.15) is 57.6 Å². The zero-order valence-corrected chi connectivity index (χ0v) is 20.4. The summed E-state index contributed by atoms with van der Waals surface area (Å²) < 4.78 is 32.1. The number of ether oxygens (including phenoxy) is 1. The number of nitrogens with zero attached hydrogens (tertiary/aromatic N) is 1. The lowest BCUT2D eigenvalue weighted by Gasteiger charge is -2.41. The van der Waals surface area contributed by atoms with Gasteiger partial charge in [-0.25, -0.2) is 8.42 Å². The molecule has 0 aromatic heterocycles. The van der Waals surface area contributed by atoms with Gasteiger partial charge in [0.25, 0.3) is 0 Å². The van der Waals surface area contributed by atoms with Crippen LogP contribution in [0.2, 0.25) is 5.02 Å². The van der Waals surface area contributed by atoms with Gasteiger partial charge in [-0.05, 0) is 49.6 Å². The number of halogens is 1. The van der Waals surface area contributed by atoms with Crippen LogP contribution in [0.15, 0.2) is 48.5 Å². The van der Waals surface area contributed by atoms with Crippen molar-refractivity contribution in [1.29, 1.82) is 0 Å². The number of fused-ring (bicyclic) bond motifs is 1. The summed E-state index contributed by atoms with van der Waals surface area (Å²) in [4.78, 5) is 12.8. The molecule has 6 nitrogen and oxygen atoms in total. The average molecular weight is 479 g/mol. The zero-order valence-electron chi connectivity index (χ0n) is 18.8. The number of rotatable bonds is 9. The van der Waals surface area contributed by atoms with Gasteiger partial charge in [0.1, 0.15) is 11.4 Å². The quantitative estimate of drug-likeness (QED) is 0.545. The van der Waals surface area contributed by atoms with E-state index in [1.165, 1.54) is 4.31 Å². The third kappa shape index (κ3) is 5.75. The minimum atomic E-state index is -3.48. The third-order valence-corrected chi connectivity index (χ3v) is 7.55. The predicted molar refractivity (Wildman–Crippen MR) is 129 cm³/mol. The molecule has 1 heterocycles. The Morgan fingerprint density at radius 1 is 1.16 bits per heavy atom. The van der Waals surface area contributed by atoms with Gasteiger partial charge in [-0.15, -0.1) is 0 Å². The highest BCUT2D eigenvalue weighted by Crippen LogP contribution is 2.42. The Labute approximate surface area is 196 Å². The van der Waals surface area contributed by atoms with Crippen molar-refractivity contribution in [3.8, 4) is 5.75 Å². The molecule has 0 bridgehead atoms. The minimum absolute atomic E-state index is 0.0997. The van der Waals surface area contributed by atoms with Crippen LogP contribution < -0.4 is 14.4 Å². The second-order valence-corrected chi connectivity index (χ2v) is 10.6. The fourth-order valence-corrected chi connectivity index (χ4v) is 5.26. The highest BCUT2D eigenvalue weighted by atomic mass is 35.5. The molecule has 8 heteroatoms. The molecule has 1 N–H and O–H groups in total. The molecule has 0 spiro atoms. The van der Waals surface area contributed by atoms with Gasteiger partial charge in [0.2, 0.25) is 15.9 Å². The molecule has 1 unspecified atom stereocenters. The molecule has 3 rings (SSSR count). The maximum Gasteiger partial charge on any atom is 0.232 e. The van der Waals surface area contributed by atoms with E-state index in [9.17, 15) is 13.2 Å². The summed E-state index contributed by atoms with van der Waals surface area (Å²) in [5.41, 5.74) is 1.22. The highest BCUT2D eigenvalue weighted by molar-refractivity contribution is 7.92. The van der Waals surface area contributed by atoms with Crippen LogP contribution in [0.3, 0.4) is 0 Å². The fourth-order valence-electron chi connectivity index (χ4n) is 4.17. The number of amides is 1. The van der Waals surface area contributed by atoms with Gasteiger partial charge in [0.05, 0.1) is 18.0 Å². The summed E-state index contributed by atoms with van der Waals surface area (Å²) >= 11 is 5.92. The van der Waals surface area contributed by atoms with Crippen molar-refractivity contribution in [3.05, 3.63) is 59.1 Å². The molecule has 0 radical (unpaired) electrons. The van der Waals surface area contributed by atoms with Crippen molar-refractivity contribution < 1.29 is 17.9 Å². The van der Waals surface area contributed by atoms with E-state index < -0.39 is 10.0 Å². The summed E-state index contributed by atoms with van der Waals surface area (Å²) in [6, 6.07) is 14.3. The predicted octanol–water partition coefficient (Wildman–Crippen LogP) is 5.09. The van der Waals surface area contributed by atoms with Crippen LogP contribution in [0.5, 0.6) is 5.75 Å². The minimum Gasteiger partial charge on any atom is -0.487 e. The molecule has 0 fully saturated rings. The van der Waals surface area contributed by atoms with Gasteiger partial charge >= 0.3 is 0 Å². The largest absolute Gasteiger partial charge is 0.487 e. The normalized spacial score (nSPS) is 17.2. The van der Waals surface area contributed by atoms with E-state index in [2.05, 4.69) is 19.2 Å². The van der Waals surface area contributed by atoms with E-state index in [0.29, 0.717) is 23.6 Å². The van der Waals surface area contributed by atoms with Crippen molar-refractivity contribution in [2.24, 2.45) is 0 Å². The van der Waals surface area contributed by atoms with Gasteiger partial charge < -0.3 is 10.1 Å². The first kappa shape index (κ1) is 24.4. The Morgan fingerprint density at radius 3 is 2.44 bits per heavy atom. The molecular formula is C24H31ClN2O4S. The monoisotopic (exact) mass is 478 g/mol. The summed E-state index contributed by atoms with van der Waals surface area (Å²) in [5.74, 6) is 0.719.